The minimum absolute atomic E-state index is 0.187. The van der Waals surface area contributed by atoms with E-state index in [1.54, 1.807) is 13.2 Å². The molecule has 0 bridgehead atoms. The second-order valence-electron chi connectivity index (χ2n) is 8.63. The SMILES string of the molecule is COc1ccc2cc(-c3cc(C(=O)OCC(=O)NC4CCCC4)c4ccccc4n3)ccc2c1. The third-order valence-electron chi connectivity index (χ3n) is 6.33. The predicted molar refractivity (Wildman–Crippen MR) is 132 cm³/mol. The Bertz CT molecular complexity index is 1380. The maximum atomic E-state index is 13.0. The van der Waals surface area contributed by atoms with Crippen LogP contribution in [0.25, 0.3) is 32.9 Å². The molecule has 0 spiro atoms. The smallest absolute Gasteiger partial charge is 0.339 e. The summed E-state index contributed by atoms with van der Waals surface area (Å²) in [5.74, 6) is 0.00169. The summed E-state index contributed by atoms with van der Waals surface area (Å²) in [6.45, 7) is -0.293. The van der Waals surface area contributed by atoms with Crippen molar-refractivity contribution in [1.82, 2.24) is 10.3 Å². The van der Waals surface area contributed by atoms with Gasteiger partial charge in [0.05, 0.1) is 23.9 Å². The van der Waals surface area contributed by atoms with Gasteiger partial charge in [-0.05, 0) is 53.9 Å². The third-order valence-corrected chi connectivity index (χ3v) is 6.33. The van der Waals surface area contributed by atoms with Gasteiger partial charge in [-0.25, -0.2) is 9.78 Å². The van der Waals surface area contributed by atoms with E-state index in [0.29, 0.717) is 22.2 Å². The number of esters is 1. The normalized spacial score (nSPS) is 13.8. The van der Waals surface area contributed by atoms with Crippen molar-refractivity contribution in [3.05, 3.63) is 72.3 Å². The lowest BCUT2D eigenvalue weighted by Crippen LogP contribution is -2.35. The van der Waals surface area contributed by atoms with Crippen molar-refractivity contribution in [3.8, 4) is 17.0 Å². The van der Waals surface area contributed by atoms with Crippen LogP contribution < -0.4 is 10.1 Å². The molecule has 3 aromatic carbocycles. The number of para-hydroxylation sites is 1. The average Bonchev–Trinajstić information content (AvgIpc) is 3.39. The number of hydrogen-bond acceptors (Lipinski definition) is 5. The Morgan fingerprint density at radius 2 is 1.74 bits per heavy atom. The standard InChI is InChI=1S/C28H26N2O4/c1-33-22-13-12-18-14-20(11-10-19(18)15-22)26-16-24(23-8-4-5-9-25(23)30-26)28(32)34-17-27(31)29-21-6-2-3-7-21/h4-5,8-16,21H,2-3,6-7,17H2,1H3,(H,29,31). The molecule has 1 aliphatic carbocycles. The first-order chi connectivity index (χ1) is 16.6. The number of carbonyl (C=O) groups is 2. The Balaban J connectivity index is 1.43. The van der Waals surface area contributed by atoms with Gasteiger partial charge in [-0.2, -0.15) is 0 Å². The minimum Gasteiger partial charge on any atom is -0.497 e. The third kappa shape index (κ3) is 4.57. The van der Waals surface area contributed by atoms with Crippen LogP contribution in [0.5, 0.6) is 5.75 Å². The monoisotopic (exact) mass is 454 g/mol. The lowest BCUT2D eigenvalue weighted by molar-refractivity contribution is -0.124. The van der Waals surface area contributed by atoms with Gasteiger partial charge in [0.1, 0.15) is 5.75 Å². The number of aromatic nitrogens is 1. The summed E-state index contributed by atoms with van der Waals surface area (Å²) in [4.78, 5) is 30.1. The Labute approximate surface area is 197 Å². The van der Waals surface area contributed by atoms with E-state index in [4.69, 9.17) is 14.5 Å². The molecule has 1 amide bonds. The van der Waals surface area contributed by atoms with E-state index < -0.39 is 5.97 Å². The number of methoxy groups -OCH3 is 1. The van der Waals surface area contributed by atoms with Crippen LogP contribution in [0.1, 0.15) is 36.0 Å². The number of nitrogens with one attached hydrogen (secondary N) is 1. The fourth-order valence-electron chi connectivity index (χ4n) is 4.55. The quantitative estimate of drug-likeness (QED) is 0.401. The zero-order chi connectivity index (χ0) is 23.5. The van der Waals surface area contributed by atoms with Crippen molar-refractivity contribution in [2.45, 2.75) is 31.7 Å². The van der Waals surface area contributed by atoms with E-state index in [2.05, 4.69) is 5.32 Å². The fraction of sp³-hybridized carbons (Fsp3) is 0.250. The van der Waals surface area contributed by atoms with E-state index in [-0.39, 0.29) is 18.6 Å². The number of benzene rings is 3. The summed E-state index contributed by atoms with van der Waals surface area (Å²) in [6.07, 6.45) is 4.21. The Morgan fingerprint density at radius 1 is 0.971 bits per heavy atom. The summed E-state index contributed by atoms with van der Waals surface area (Å²) in [7, 11) is 1.65. The van der Waals surface area contributed by atoms with Crippen molar-refractivity contribution < 1.29 is 19.1 Å². The summed E-state index contributed by atoms with van der Waals surface area (Å²) in [6, 6.07) is 21.3. The van der Waals surface area contributed by atoms with Crippen molar-refractivity contribution >= 4 is 33.6 Å². The molecule has 0 aliphatic heterocycles. The second kappa shape index (κ2) is 9.51. The largest absolute Gasteiger partial charge is 0.497 e. The molecule has 1 saturated carbocycles. The fourth-order valence-corrected chi connectivity index (χ4v) is 4.55. The van der Waals surface area contributed by atoms with Crippen molar-refractivity contribution in [2.24, 2.45) is 0 Å². The minimum atomic E-state index is -0.535. The molecule has 0 radical (unpaired) electrons. The van der Waals surface area contributed by atoms with E-state index in [0.717, 1.165) is 47.8 Å². The van der Waals surface area contributed by atoms with Gasteiger partial charge in [0.25, 0.3) is 5.91 Å². The maximum Gasteiger partial charge on any atom is 0.339 e. The lowest BCUT2D eigenvalue weighted by Gasteiger charge is -2.13. The van der Waals surface area contributed by atoms with Gasteiger partial charge in [0.15, 0.2) is 6.61 Å². The van der Waals surface area contributed by atoms with Crippen LogP contribution in [0, 0.1) is 0 Å². The van der Waals surface area contributed by atoms with E-state index in [1.165, 1.54) is 0 Å². The molecule has 0 atom stereocenters. The molecule has 1 N–H and O–H groups in total. The molecule has 6 heteroatoms. The Kier molecular flexibility index (Phi) is 6.12. The van der Waals surface area contributed by atoms with Gasteiger partial charge in [-0.15, -0.1) is 0 Å². The molecule has 1 aromatic heterocycles. The molecule has 6 nitrogen and oxygen atoms in total. The summed E-state index contributed by atoms with van der Waals surface area (Å²) in [5.41, 5.74) is 2.64. The maximum absolute atomic E-state index is 13.0. The number of ether oxygens (including phenoxy) is 2. The summed E-state index contributed by atoms with van der Waals surface area (Å²) >= 11 is 0. The van der Waals surface area contributed by atoms with Gasteiger partial charge < -0.3 is 14.8 Å². The van der Waals surface area contributed by atoms with Crippen molar-refractivity contribution in [3.63, 3.8) is 0 Å². The highest BCUT2D eigenvalue weighted by Crippen LogP contribution is 2.29. The topological polar surface area (TPSA) is 77.5 Å². The van der Waals surface area contributed by atoms with Crippen molar-refractivity contribution in [2.75, 3.05) is 13.7 Å². The molecule has 5 rings (SSSR count). The lowest BCUT2D eigenvalue weighted by atomic mass is 10.0. The number of rotatable bonds is 6. The number of hydrogen-bond donors (Lipinski definition) is 1. The van der Waals surface area contributed by atoms with Crippen LogP contribution in [0.2, 0.25) is 0 Å². The van der Waals surface area contributed by atoms with Gasteiger partial charge in [-0.3, -0.25) is 4.79 Å². The number of amides is 1. The number of pyridine rings is 1. The predicted octanol–water partition coefficient (Wildman–Crippen LogP) is 5.28. The Morgan fingerprint density at radius 3 is 2.56 bits per heavy atom. The van der Waals surface area contributed by atoms with Gasteiger partial charge in [0, 0.05) is 17.0 Å². The van der Waals surface area contributed by atoms with Crippen LogP contribution in [0.3, 0.4) is 0 Å². The van der Waals surface area contributed by atoms with Crippen LogP contribution in [-0.2, 0) is 9.53 Å². The number of fused-ring (bicyclic) bond motifs is 2. The highest BCUT2D eigenvalue weighted by molar-refractivity contribution is 6.05. The highest BCUT2D eigenvalue weighted by atomic mass is 16.5. The first kappa shape index (κ1) is 21.9. The zero-order valence-electron chi connectivity index (χ0n) is 19.0. The molecular formula is C28H26N2O4. The summed E-state index contributed by atoms with van der Waals surface area (Å²) < 4.78 is 10.7. The van der Waals surface area contributed by atoms with Gasteiger partial charge >= 0.3 is 5.97 Å². The van der Waals surface area contributed by atoms with E-state index >= 15 is 0 Å². The molecule has 4 aromatic rings. The first-order valence-electron chi connectivity index (χ1n) is 11.6. The van der Waals surface area contributed by atoms with Crippen molar-refractivity contribution in [1.29, 1.82) is 0 Å². The van der Waals surface area contributed by atoms with Crippen LogP contribution in [0.15, 0.2) is 66.7 Å². The zero-order valence-corrected chi connectivity index (χ0v) is 19.0. The van der Waals surface area contributed by atoms with E-state index in [1.807, 2.05) is 60.7 Å². The Hall–Kier alpha value is -3.93. The second-order valence-corrected chi connectivity index (χ2v) is 8.63. The van der Waals surface area contributed by atoms with Crippen LogP contribution in [0.4, 0.5) is 0 Å². The van der Waals surface area contributed by atoms with E-state index in [9.17, 15) is 9.59 Å². The van der Waals surface area contributed by atoms with Gasteiger partial charge in [-0.1, -0.05) is 49.2 Å². The molecule has 0 unspecified atom stereocenters. The molecule has 34 heavy (non-hydrogen) atoms. The van der Waals surface area contributed by atoms with Crippen LogP contribution in [-0.4, -0.2) is 36.6 Å². The highest BCUT2D eigenvalue weighted by Gasteiger charge is 2.20. The molecule has 1 aliphatic rings. The molecule has 172 valence electrons. The number of nitrogens with zero attached hydrogens (tertiary/aromatic N) is 1. The van der Waals surface area contributed by atoms with Crippen LogP contribution >= 0.6 is 0 Å². The molecular weight excluding hydrogens is 428 g/mol. The average molecular weight is 455 g/mol. The first-order valence-corrected chi connectivity index (χ1v) is 11.6. The van der Waals surface area contributed by atoms with Gasteiger partial charge in [0.2, 0.25) is 0 Å². The summed E-state index contributed by atoms with van der Waals surface area (Å²) in [5, 5.41) is 5.74. The molecule has 1 fully saturated rings. The number of carbonyl (C=O) groups excluding carboxylic acids is 2. The molecule has 1 heterocycles. The molecule has 0 saturated heterocycles.